The van der Waals surface area contributed by atoms with E-state index in [1.807, 2.05) is 6.07 Å². The van der Waals surface area contributed by atoms with Crippen molar-refractivity contribution < 1.29 is 13.6 Å². The molecule has 10 heteroatoms. The fourth-order valence-corrected chi connectivity index (χ4v) is 2.97. The average molecular weight is 382 g/mol. The second-order valence-electron chi connectivity index (χ2n) is 5.07. The van der Waals surface area contributed by atoms with Crippen molar-refractivity contribution >= 4 is 35.0 Å². The average Bonchev–Trinajstić information content (AvgIpc) is 3.23. The highest BCUT2D eigenvalue weighted by atomic mass is 35.5. The Hall–Kier alpha value is -2.39. The van der Waals surface area contributed by atoms with Crippen molar-refractivity contribution in [2.45, 2.75) is 23.9 Å². The summed E-state index contributed by atoms with van der Waals surface area (Å²) in [4.78, 5) is 12.3. The molecule has 1 unspecified atom stereocenters. The number of rotatable bonds is 6. The van der Waals surface area contributed by atoms with E-state index in [1.54, 1.807) is 19.3 Å². The second kappa shape index (κ2) is 7.66. The van der Waals surface area contributed by atoms with Gasteiger partial charge >= 0.3 is 0 Å². The summed E-state index contributed by atoms with van der Waals surface area (Å²) in [5, 5.41) is 14.2. The van der Waals surface area contributed by atoms with Crippen LogP contribution in [0, 0.1) is 5.82 Å². The van der Waals surface area contributed by atoms with Gasteiger partial charge in [-0.3, -0.25) is 4.79 Å². The number of anilines is 1. The third-order valence-corrected chi connectivity index (χ3v) is 4.61. The number of tetrazole rings is 1. The van der Waals surface area contributed by atoms with Gasteiger partial charge in [0.1, 0.15) is 18.1 Å². The highest BCUT2D eigenvalue weighted by Crippen LogP contribution is 2.25. The number of nitrogens with zero attached hydrogens (tertiary/aromatic N) is 4. The summed E-state index contributed by atoms with van der Waals surface area (Å²) in [6.07, 6.45) is 1.56. The Morgan fingerprint density at radius 1 is 1.48 bits per heavy atom. The van der Waals surface area contributed by atoms with Gasteiger partial charge in [0.15, 0.2) is 0 Å². The summed E-state index contributed by atoms with van der Waals surface area (Å²) in [7, 11) is 0. The summed E-state index contributed by atoms with van der Waals surface area (Å²) in [5.41, 5.74) is 0.343. The highest BCUT2D eigenvalue weighted by Gasteiger charge is 2.20. The molecule has 0 bridgehead atoms. The lowest BCUT2D eigenvalue weighted by Crippen LogP contribution is -2.23. The molecule has 1 aromatic carbocycles. The van der Waals surface area contributed by atoms with Crippen LogP contribution in [0.1, 0.15) is 12.7 Å². The van der Waals surface area contributed by atoms with Gasteiger partial charge in [0, 0.05) is 0 Å². The molecule has 0 saturated heterocycles. The fourth-order valence-electron chi connectivity index (χ4n) is 1.97. The molecule has 0 spiro atoms. The summed E-state index contributed by atoms with van der Waals surface area (Å²) in [5.74, 6) is -0.0714. The molecule has 0 fully saturated rings. The molecule has 1 amide bonds. The van der Waals surface area contributed by atoms with E-state index in [0.29, 0.717) is 23.1 Å². The van der Waals surface area contributed by atoms with Gasteiger partial charge in [0.2, 0.25) is 11.1 Å². The molecule has 3 rings (SSSR count). The number of carbonyl (C=O) groups excluding carboxylic acids is 1. The van der Waals surface area contributed by atoms with E-state index >= 15 is 0 Å². The molecular weight excluding hydrogens is 369 g/mol. The maximum absolute atomic E-state index is 13.1. The molecule has 2 heterocycles. The number of carbonyl (C=O) groups is 1. The molecule has 25 heavy (non-hydrogen) atoms. The molecule has 1 N–H and O–H groups in total. The van der Waals surface area contributed by atoms with Gasteiger partial charge in [-0.15, -0.1) is 5.10 Å². The van der Waals surface area contributed by atoms with Gasteiger partial charge < -0.3 is 9.73 Å². The molecule has 0 aliphatic carbocycles. The van der Waals surface area contributed by atoms with Crippen LogP contribution in [0.15, 0.2) is 46.2 Å². The first-order valence-corrected chi connectivity index (χ1v) is 8.50. The number of benzene rings is 1. The molecule has 0 aliphatic rings. The predicted octanol–water partition coefficient (Wildman–Crippen LogP) is 3.23. The van der Waals surface area contributed by atoms with Gasteiger partial charge in [-0.05, 0) is 47.7 Å². The number of amides is 1. The number of aromatic nitrogens is 4. The zero-order valence-electron chi connectivity index (χ0n) is 13.0. The van der Waals surface area contributed by atoms with E-state index in [-0.39, 0.29) is 10.9 Å². The third-order valence-electron chi connectivity index (χ3n) is 3.23. The SMILES string of the molecule is CC(Sc1nnnn1Cc1ccco1)C(=O)Nc1ccc(F)cc1Cl. The molecular formula is C15H13ClFN5O2S. The Morgan fingerprint density at radius 3 is 3.04 bits per heavy atom. The van der Waals surface area contributed by atoms with Gasteiger partial charge in [-0.2, -0.15) is 0 Å². The van der Waals surface area contributed by atoms with Crippen LogP contribution >= 0.6 is 23.4 Å². The minimum atomic E-state index is -0.498. The topological polar surface area (TPSA) is 85.8 Å². The van der Waals surface area contributed by atoms with E-state index in [2.05, 4.69) is 20.8 Å². The standard InChI is InChI=1S/C15H13ClFN5O2S/c1-9(14(23)18-13-5-4-10(17)7-12(13)16)25-15-19-20-21-22(15)8-11-3-2-6-24-11/h2-7,9H,8H2,1H3,(H,18,23). The Bertz CT molecular complexity index is 871. The van der Waals surface area contributed by atoms with E-state index in [1.165, 1.54) is 28.6 Å². The first kappa shape index (κ1) is 17.4. The molecule has 1 atom stereocenters. The molecule has 2 aromatic heterocycles. The van der Waals surface area contributed by atoms with Gasteiger partial charge in [-0.25, -0.2) is 9.07 Å². The van der Waals surface area contributed by atoms with Crippen molar-refractivity contribution in [1.29, 1.82) is 0 Å². The van der Waals surface area contributed by atoms with Crippen LogP contribution in [0.3, 0.4) is 0 Å². The third kappa shape index (κ3) is 4.37. The molecule has 7 nitrogen and oxygen atoms in total. The Morgan fingerprint density at radius 2 is 2.32 bits per heavy atom. The van der Waals surface area contributed by atoms with E-state index in [4.69, 9.17) is 16.0 Å². The maximum Gasteiger partial charge on any atom is 0.237 e. The predicted molar refractivity (Wildman–Crippen MR) is 91.0 cm³/mol. The fraction of sp³-hybridized carbons (Fsp3) is 0.200. The largest absolute Gasteiger partial charge is 0.467 e. The smallest absolute Gasteiger partial charge is 0.237 e. The monoisotopic (exact) mass is 381 g/mol. The zero-order valence-corrected chi connectivity index (χ0v) is 14.6. The number of hydrogen-bond donors (Lipinski definition) is 1. The van der Waals surface area contributed by atoms with E-state index in [0.717, 1.165) is 6.07 Å². The highest BCUT2D eigenvalue weighted by molar-refractivity contribution is 8.00. The minimum absolute atomic E-state index is 0.133. The summed E-state index contributed by atoms with van der Waals surface area (Å²) in [6.45, 7) is 2.07. The molecule has 3 aromatic rings. The van der Waals surface area contributed by atoms with Crippen molar-refractivity contribution in [3.8, 4) is 0 Å². The zero-order chi connectivity index (χ0) is 17.8. The van der Waals surface area contributed by atoms with Crippen LogP contribution in [-0.4, -0.2) is 31.4 Å². The van der Waals surface area contributed by atoms with Crippen LogP contribution in [0.25, 0.3) is 0 Å². The Labute approximate surface area is 151 Å². The molecule has 0 radical (unpaired) electrons. The van der Waals surface area contributed by atoms with Crippen molar-refractivity contribution in [1.82, 2.24) is 20.2 Å². The maximum atomic E-state index is 13.1. The van der Waals surface area contributed by atoms with Crippen LogP contribution in [0.4, 0.5) is 10.1 Å². The Balaban J connectivity index is 1.65. The number of hydrogen-bond acceptors (Lipinski definition) is 6. The first-order chi connectivity index (χ1) is 12.0. The van der Waals surface area contributed by atoms with Crippen LogP contribution in [-0.2, 0) is 11.3 Å². The minimum Gasteiger partial charge on any atom is -0.467 e. The molecule has 0 saturated carbocycles. The lowest BCUT2D eigenvalue weighted by molar-refractivity contribution is -0.115. The quantitative estimate of drug-likeness (QED) is 0.660. The number of furan rings is 1. The summed E-state index contributed by atoms with van der Waals surface area (Å²) < 4.78 is 19.9. The number of thioether (sulfide) groups is 1. The number of nitrogens with one attached hydrogen (secondary N) is 1. The van der Waals surface area contributed by atoms with Gasteiger partial charge in [0.25, 0.3) is 0 Å². The normalized spacial score (nSPS) is 12.1. The molecule has 130 valence electrons. The van der Waals surface area contributed by atoms with E-state index in [9.17, 15) is 9.18 Å². The van der Waals surface area contributed by atoms with Crippen LogP contribution < -0.4 is 5.32 Å². The van der Waals surface area contributed by atoms with Gasteiger partial charge in [0.05, 0.1) is 22.2 Å². The Kier molecular flexibility index (Phi) is 5.34. The summed E-state index contributed by atoms with van der Waals surface area (Å²) in [6, 6.07) is 7.35. The van der Waals surface area contributed by atoms with E-state index < -0.39 is 11.1 Å². The summed E-state index contributed by atoms with van der Waals surface area (Å²) >= 11 is 7.11. The van der Waals surface area contributed by atoms with Gasteiger partial charge in [-0.1, -0.05) is 23.4 Å². The van der Waals surface area contributed by atoms with Crippen LogP contribution in [0.5, 0.6) is 0 Å². The van der Waals surface area contributed by atoms with Crippen LogP contribution in [0.2, 0.25) is 5.02 Å². The van der Waals surface area contributed by atoms with Crippen molar-refractivity contribution in [3.05, 3.63) is 53.2 Å². The lowest BCUT2D eigenvalue weighted by Gasteiger charge is -2.12. The molecule has 0 aliphatic heterocycles. The lowest BCUT2D eigenvalue weighted by atomic mass is 10.3. The van der Waals surface area contributed by atoms with Crippen molar-refractivity contribution in [2.24, 2.45) is 0 Å². The van der Waals surface area contributed by atoms with Crippen molar-refractivity contribution in [2.75, 3.05) is 5.32 Å². The first-order valence-electron chi connectivity index (χ1n) is 7.24. The second-order valence-corrected chi connectivity index (χ2v) is 6.79. The number of halogens is 2. The van der Waals surface area contributed by atoms with Crippen molar-refractivity contribution in [3.63, 3.8) is 0 Å².